The molecule has 0 atom stereocenters. The molecule has 0 bridgehead atoms. The Balaban J connectivity index is 1.61. The van der Waals surface area contributed by atoms with Gasteiger partial charge < -0.3 is 18.9 Å². The van der Waals surface area contributed by atoms with Crippen LogP contribution < -0.4 is 4.74 Å². The molecule has 0 saturated heterocycles. The molecule has 1 heterocycles. The van der Waals surface area contributed by atoms with Crippen LogP contribution in [0.3, 0.4) is 0 Å². The quantitative estimate of drug-likeness (QED) is 0.391. The Morgan fingerprint density at radius 1 is 1.29 bits per heavy atom. The summed E-state index contributed by atoms with van der Waals surface area (Å²) in [6.07, 6.45) is 3.05. The maximum Gasteiger partial charge on any atom is 0.355 e. The number of aryl methyl sites for hydroxylation is 1. The largest absolute Gasteiger partial charge is 0.497 e. The third-order valence-electron chi connectivity index (χ3n) is 4.56. The lowest BCUT2D eigenvalue weighted by molar-refractivity contribution is -0.384. The van der Waals surface area contributed by atoms with E-state index in [9.17, 15) is 19.7 Å². The number of hydrogen-bond donors (Lipinski definition) is 0. The van der Waals surface area contributed by atoms with Crippen molar-refractivity contribution in [3.8, 4) is 5.75 Å². The van der Waals surface area contributed by atoms with Gasteiger partial charge in [-0.15, -0.1) is 0 Å². The number of hydrogen-bond acceptors (Lipinski definition) is 6. The molecule has 1 saturated carbocycles. The fourth-order valence-corrected chi connectivity index (χ4v) is 2.87. The van der Waals surface area contributed by atoms with Crippen molar-refractivity contribution >= 4 is 17.6 Å². The first kappa shape index (κ1) is 19.4. The van der Waals surface area contributed by atoms with E-state index in [1.807, 2.05) is 24.3 Å². The molecule has 0 unspecified atom stereocenters. The molecule has 28 heavy (non-hydrogen) atoms. The molecule has 148 valence electrons. The summed E-state index contributed by atoms with van der Waals surface area (Å²) < 4.78 is 11.5. The number of carbonyl (C=O) groups excluding carboxylic acids is 2. The first-order chi connectivity index (χ1) is 13.4. The van der Waals surface area contributed by atoms with Gasteiger partial charge in [-0.25, -0.2) is 4.79 Å². The van der Waals surface area contributed by atoms with Crippen molar-refractivity contribution in [2.75, 3.05) is 13.7 Å². The van der Waals surface area contributed by atoms with Crippen molar-refractivity contribution in [2.45, 2.75) is 25.4 Å². The minimum Gasteiger partial charge on any atom is -0.497 e. The van der Waals surface area contributed by atoms with Crippen LogP contribution in [0.1, 0.15) is 28.9 Å². The average Bonchev–Trinajstić information content (AvgIpc) is 3.45. The van der Waals surface area contributed by atoms with Crippen molar-refractivity contribution < 1.29 is 24.0 Å². The molecule has 1 aromatic heterocycles. The Kier molecular flexibility index (Phi) is 5.62. The molecule has 9 nitrogen and oxygen atoms in total. The number of methoxy groups -OCH3 is 1. The van der Waals surface area contributed by atoms with E-state index in [-0.39, 0.29) is 23.3 Å². The molecule has 0 N–H and O–H groups in total. The van der Waals surface area contributed by atoms with Crippen LogP contribution in [-0.4, -0.2) is 46.0 Å². The molecule has 2 aromatic rings. The lowest BCUT2D eigenvalue weighted by Crippen LogP contribution is -2.36. The summed E-state index contributed by atoms with van der Waals surface area (Å²) in [5, 5.41) is 10.8. The van der Waals surface area contributed by atoms with Crippen LogP contribution >= 0.6 is 0 Å². The normalized spacial score (nSPS) is 13.1. The zero-order valence-electron chi connectivity index (χ0n) is 15.7. The zero-order chi connectivity index (χ0) is 20.3. The van der Waals surface area contributed by atoms with Crippen LogP contribution in [0.4, 0.5) is 5.69 Å². The van der Waals surface area contributed by atoms with E-state index in [4.69, 9.17) is 9.47 Å². The monoisotopic (exact) mass is 387 g/mol. The van der Waals surface area contributed by atoms with E-state index in [0.29, 0.717) is 6.54 Å². The summed E-state index contributed by atoms with van der Waals surface area (Å²) in [6, 6.07) is 8.70. The number of rotatable bonds is 8. The number of esters is 1. The molecule has 0 spiro atoms. The highest BCUT2D eigenvalue weighted by Crippen LogP contribution is 2.29. The summed E-state index contributed by atoms with van der Waals surface area (Å²) in [4.78, 5) is 36.7. The van der Waals surface area contributed by atoms with Gasteiger partial charge in [0.25, 0.3) is 11.6 Å². The van der Waals surface area contributed by atoms with Crippen molar-refractivity contribution in [2.24, 2.45) is 7.05 Å². The van der Waals surface area contributed by atoms with Crippen LogP contribution in [0.5, 0.6) is 5.75 Å². The summed E-state index contributed by atoms with van der Waals surface area (Å²) in [7, 11) is 3.09. The number of ether oxygens (including phenoxy) is 2. The van der Waals surface area contributed by atoms with Crippen molar-refractivity contribution in [3.63, 3.8) is 0 Å². The molecule has 1 fully saturated rings. The van der Waals surface area contributed by atoms with E-state index in [2.05, 4.69) is 0 Å². The fraction of sp³-hybridized carbons (Fsp3) is 0.368. The third kappa shape index (κ3) is 4.48. The van der Waals surface area contributed by atoms with E-state index < -0.39 is 17.5 Å². The van der Waals surface area contributed by atoms with Crippen LogP contribution in [0.2, 0.25) is 0 Å². The Morgan fingerprint density at radius 3 is 2.50 bits per heavy atom. The summed E-state index contributed by atoms with van der Waals surface area (Å²) >= 11 is 0. The molecule has 0 radical (unpaired) electrons. The van der Waals surface area contributed by atoms with Crippen molar-refractivity contribution in [3.05, 3.63) is 57.9 Å². The highest BCUT2D eigenvalue weighted by molar-refractivity contribution is 5.90. The Morgan fingerprint density at radius 2 is 1.96 bits per heavy atom. The lowest BCUT2D eigenvalue weighted by atomic mass is 10.2. The van der Waals surface area contributed by atoms with E-state index in [0.717, 1.165) is 30.2 Å². The molecule has 1 aliphatic carbocycles. The Hall–Kier alpha value is -3.36. The van der Waals surface area contributed by atoms with Crippen LogP contribution in [0, 0.1) is 10.1 Å². The second-order valence-corrected chi connectivity index (χ2v) is 6.63. The van der Waals surface area contributed by atoms with E-state index in [1.165, 1.54) is 17.8 Å². The van der Waals surface area contributed by atoms with E-state index >= 15 is 0 Å². The predicted octanol–water partition coefficient (Wildman–Crippen LogP) is 2.29. The second-order valence-electron chi connectivity index (χ2n) is 6.63. The maximum atomic E-state index is 12.6. The van der Waals surface area contributed by atoms with Crippen LogP contribution in [-0.2, 0) is 23.1 Å². The summed E-state index contributed by atoms with van der Waals surface area (Å²) in [5.41, 5.74) is 0.762. The van der Waals surface area contributed by atoms with Crippen molar-refractivity contribution in [1.82, 2.24) is 9.47 Å². The van der Waals surface area contributed by atoms with Gasteiger partial charge in [0, 0.05) is 25.7 Å². The topological polar surface area (TPSA) is 104 Å². The van der Waals surface area contributed by atoms with Gasteiger partial charge in [-0.3, -0.25) is 14.9 Å². The molecule has 1 aromatic carbocycles. The van der Waals surface area contributed by atoms with Gasteiger partial charge in [-0.1, -0.05) is 12.1 Å². The van der Waals surface area contributed by atoms with Gasteiger partial charge in [0.15, 0.2) is 6.61 Å². The van der Waals surface area contributed by atoms with Gasteiger partial charge in [-0.2, -0.15) is 0 Å². The molecule has 9 heteroatoms. The zero-order valence-corrected chi connectivity index (χ0v) is 15.7. The molecule has 1 aliphatic rings. The highest BCUT2D eigenvalue weighted by atomic mass is 16.6. The molecule has 0 aliphatic heterocycles. The smallest absolute Gasteiger partial charge is 0.355 e. The summed E-state index contributed by atoms with van der Waals surface area (Å²) in [6.45, 7) is 0.00510. The second kappa shape index (κ2) is 8.12. The molecular formula is C19H21N3O6. The first-order valence-electron chi connectivity index (χ1n) is 8.79. The van der Waals surface area contributed by atoms with Crippen LogP contribution in [0.25, 0.3) is 0 Å². The average molecular weight is 387 g/mol. The Bertz CT molecular complexity index is 886. The first-order valence-corrected chi connectivity index (χ1v) is 8.79. The fourth-order valence-electron chi connectivity index (χ4n) is 2.87. The molecular weight excluding hydrogens is 366 g/mol. The highest BCUT2D eigenvalue weighted by Gasteiger charge is 2.33. The van der Waals surface area contributed by atoms with Gasteiger partial charge in [0.2, 0.25) is 0 Å². The Labute approximate surface area is 161 Å². The molecule has 1 amide bonds. The minimum absolute atomic E-state index is 0.0210. The number of nitrogens with zero attached hydrogens (tertiary/aromatic N) is 3. The summed E-state index contributed by atoms with van der Waals surface area (Å²) in [5.74, 6) is -0.335. The number of carbonyl (C=O) groups is 2. The maximum absolute atomic E-state index is 12.6. The number of amides is 1. The van der Waals surface area contributed by atoms with Gasteiger partial charge in [0.05, 0.1) is 18.2 Å². The number of benzene rings is 1. The lowest BCUT2D eigenvalue weighted by Gasteiger charge is -2.22. The predicted molar refractivity (Wildman–Crippen MR) is 98.9 cm³/mol. The van der Waals surface area contributed by atoms with Gasteiger partial charge >= 0.3 is 5.97 Å². The number of aromatic nitrogens is 1. The van der Waals surface area contributed by atoms with Gasteiger partial charge in [0.1, 0.15) is 11.4 Å². The standard InChI is InChI=1S/C19H21N3O6/c1-20-11-15(22(25)26)9-17(20)19(24)28-12-18(23)21(14-5-6-14)10-13-3-7-16(27-2)8-4-13/h3-4,7-9,11,14H,5-6,10,12H2,1-2H3. The SMILES string of the molecule is COc1ccc(CN(C(=O)COC(=O)c2cc([N+](=O)[O-])cn2C)C2CC2)cc1. The minimum atomic E-state index is -0.774. The number of nitro groups is 1. The van der Waals surface area contributed by atoms with Gasteiger partial charge in [-0.05, 0) is 30.5 Å². The van der Waals surface area contributed by atoms with Crippen LogP contribution in [0.15, 0.2) is 36.5 Å². The van der Waals surface area contributed by atoms with Crippen molar-refractivity contribution in [1.29, 1.82) is 0 Å². The molecule has 3 rings (SSSR count). The third-order valence-corrected chi connectivity index (χ3v) is 4.56. The van der Waals surface area contributed by atoms with E-state index in [1.54, 1.807) is 12.0 Å².